The van der Waals surface area contributed by atoms with Crippen molar-refractivity contribution >= 4 is 17.1 Å². The minimum absolute atomic E-state index is 0.0488. The van der Waals surface area contributed by atoms with Crippen molar-refractivity contribution < 1.29 is 9.53 Å². The van der Waals surface area contributed by atoms with Gasteiger partial charge < -0.3 is 24.8 Å². The summed E-state index contributed by atoms with van der Waals surface area (Å²) in [7, 11) is 1.65. The second-order valence-corrected chi connectivity index (χ2v) is 7.51. The first-order valence-corrected chi connectivity index (χ1v) is 10.0. The number of carbonyl (C=O) groups excluding carboxylic acids is 1. The summed E-state index contributed by atoms with van der Waals surface area (Å²) in [4.78, 5) is 24.9. The molecular weight excluding hydrogens is 342 g/mol. The minimum Gasteiger partial charge on any atom is -0.497 e. The summed E-state index contributed by atoms with van der Waals surface area (Å²) in [6.45, 7) is 4.77. The molecule has 2 saturated heterocycles. The van der Waals surface area contributed by atoms with Crippen molar-refractivity contribution in [2.75, 3.05) is 39.8 Å². The number of likely N-dealkylation sites (tertiary alicyclic amines) is 2. The topological polar surface area (TPSA) is 73.5 Å². The highest BCUT2D eigenvalue weighted by atomic mass is 16.5. The first kappa shape index (κ1) is 18.1. The maximum atomic E-state index is 12.4. The Morgan fingerprint density at radius 2 is 2.04 bits per heavy atom. The lowest BCUT2D eigenvalue weighted by molar-refractivity contribution is 0.134. The van der Waals surface area contributed by atoms with Crippen molar-refractivity contribution in [3.63, 3.8) is 0 Å². The van der Waals surface area contributed by atoms with Crippen molar-refractivity contribution in [3.05, 3.63) is 24.0 Å². The second-order valence-electron chi connectivity index (χ2n) is 7.51. The molecule has 2 aliphatic rings. The number of urea groups is 1. The number of ether oxygens (including phenoxy) is 1. The zero-order valence-electron chi connectivity index (χ0n) is 16.0. The summed E-state index contributed by atoms with van der Waals surface area (Å²) in [6, 6.07) is 6.50. The maximum absolute atomic E-state index is 12.4. The van der Waals surface area contributed by atoms with E-state index in [1.54, 1.807) is 7.11 Å². The molecule has 0 atom stereocenters. The van der Waals surface area contributed by atoms with Crippen molar-refractivity contribution in [2.45, 2.75) is 38.1 Å². The van der Waals surface area contributed by atoms with Gasteiger partial charge in [-0.3, -0.25) is 0 Å². The third-order valence-electron chi connectivity index (χ3n) is 5.78. The van der Waals surface area contributed by atoms with Crippen LogP contribution in [-0.4, -0.2) is 71.7 Å². The van der Waals surface area contributed by atoms with Crippen molar-refractivity contribution in [3.8, 4) is 5.75 Å². The van der Waals surface area contributed by atoms with E-state index in [2.05, 4.69) is 20.2 Å². The fourth-order valence-electron chi connectivity index (χ4n) is 4.23. The summed E-state index contributed by atoms with van der Waals surface area (Å²) in [5.41, 5.74) is 1.88. The first-order chi connectivity index (χ1) is 13.2. The number of hydrogen-bond donors (Lipinski definition) is 2. The number of fused-ring (bicyclic) bond motifs is 1. The van der Waals surface area contributed by atoms with E-state index in [9.17, 15) is 4.79 Å². The molecule has 7 heteroatoms. The largest absolute Gasteiger partial charge is 0.497 e. The average Bonchev–Trinajstić information content (AvgIpc) is 3.37. The Labute approximate surface area is 160 Å². The van der Waals surface area contributed by atoms with Gasteiger partial charge in [-0.05, 0) is 50.9 Å². The van der Waals surface area contributed by atoms with Crippen LogP contribution in [0, 0.1) is 0 Å². The third-order valence-corrected chi connectivity index (χ3v) is 5.78. The molecule has 0 spiro atoms. The van der Waals surface area contributed by atoms with Crippen LogP contribution in [-0.2, 0) is 6.42 Å². The number of H-pyrrole nitrogens is 1. The van der Waals surface area contributed by atoms with Gasteiger partial charge in [0.1, 0.15) is 11.6 Å². The SMILES string of the molecule is COc1ccc2nc(CCNC(=O)N3CCC(N4CCCC4)CC3)[nH]c2c1. The van der Waals surface area contributed by atoms with Crippen molar-refractivity contribution in [1.29, 1.82) is 0 Å². The maximum Gasteiger partial charge on any atom is 0.317 e. The monoisotopic (exact) mass is 371 g/mol. The zero-order valence-corrected chi connectivity index (χ0v) is 16.0. The van der Waals surface area contributed by atoms with Gasteiger partial charge in [0.15, 0.2) is 0 Å². The van der Waals surface area contributed by atoms with Crippen LogP contribution < -0.4 is 10.1 Å². The Hall–Kier alpha value is -2.28. The molecule has 0 radical (unpaired) electrons. The van der Waals surface area contributed by atoms with Gasteiger partial charge in [0, 0.05) is 38.2 Å². The van der Waals surface area contributed by atoms with Gasteiger partial charge in [-0.2, -0.15) is 0 Å². The van der Waals surface area contributed by atoms with E-state index in [-0.39, 0.29) is 6.03 Å². The summed E-state index contributed by atoms with van der Waals surface area (Å²) < 4.78 is 5.24. The average molecular weight is 371 g/mol. The highest BCUT2D eigenvalue weighted by molar-refractivity contribution is 5.77. The number of amides is 2. The minimum atomic E-state index is 0.0488. The summed E-state index contributed by atoms with van der Waals surface area (Å²) >= 11 is 0. The predicted octanol–water partition coefficient (Wildman–Crippen LogP) is 2.38. The first-order valence-electron chi connectivity index (χ1n) is 10.0. The molecular formula is C20H29N5O2. The summed E-state index contributed by atoms with van der Waals surface area (Å²) in [5.74, 6) is 1.69. The predicted molar refractivity (Wildman–Crippen MR) is 105 cm³/mol. The summed E-state index contributed by atoms with van der Waals surface area (Å²) in [5, 5.41) is 3.04. The van der Waals surface area contributed by atoms with Crippen LogP contribution in [0.25, 0.3) is 11.0 Å². The quantitative estimate of drug-likeness (QED) is 0.846. The highest BCUT2D eigenvalue weighted by Crippen LogP contribution is 2.21. The molecule has 7 nitrogen and oxygen atoms in total. The normalized spacial score (nSPS) is 18.9. The van der Waals surface area contributed by atoms with E-state index >= 15 is 0 Å². The number of methoxy groups -OCH3 is 1. The number of benzene rings is 1. The second kappa shape index (κ2) is 8.17. The Balaban J connectivity index is 1.23. The molecule has 2 N–H and O–H groups in total. The molecule has 2 aromatic rings. The molecule has 0 saturated carbocycles. The molecule has 146 valence electrons. The number of aromatic nitrogens is 2. The number of imidazole rings is 1. The number of rotatable bonds is 5. The van der Waals surface area contributed by atoms with Gasteiger partial charge in [0.05, 0.1) is 18.1 Å². The Bertz CT molecular complexity index is 776. The zero-order chi connectivity index (χ0) is 18.6. The van der Waals surface area contributed by atoms with E-state index in [0.717, 1.165) is 48.5 Å². The number of carbonyl (C=O) groups is 1. The van der Waals surface area contributed by atoms with Crippen LogP contribution in [0.5, 0.6) is 5.75 Å². The van der Waals surface area contributed by atoms with Crippen LogP contribution in [0.3, 0.4) is 0 Å². The van der Waals surface area contributed by atoms with Crippen LogP contribution in [0.4, 0.5) is 4.79 Å². The Kier molecular flexibility index (Phi) is 5.48. The van der Waals surface area contributed by atoms with E-state index in [4.69, 9.17) is 4.74 Å². The lowest BCUT2D eigenvalue weighted by Gasteiger charge is -2.36. The van der Waals surface area contributed by atoms with Crippen molar-refractivity contribution in [2.24, 2.45) is 0 Å². The van der Waals surface area contributed by atoms with Gasteiger partial charge in [-0.15, -0.1) is 0 Å². The van der Waals surface area contributed by atoms with E-state index < -0.39 is 0 Å². The number of piperidine rings is 1. The molecule has 0 bridgehead atoms. The standard InChI is InChI=1S/C20H29N5O2/c1-27-16-4-5-17-18(14-16)23-19(22-17)6-9-21-20(26)25-12-7-15(8-13-25)24-10-2-3-11-24/h4-5,14-15H,2-3,6-13H2,1H3,(H,21,26)(H,22,23). The lowest BCUT2D eigenvalue weighted by Crippen LogP contribution is -2.49. The molecule has 2 amide bonds. The van der Waals surface area contributed by atoms with Crippen LogP contribution >= 0.6 is 0 Å². The van der Waals surface area contributed by atoms with Gasteiger partial charge in [0.2, 0.25) is 0 Å². The molecule has 4 rings (SSSR count). The molecule has 0 unspecified atom stereocenters. The Morgan fingerprint density at radius 3 is 2.78 bits per heavy atom. The van der Waals surface area contributed by atoms with Gasteiger partial charge >= 0.3 is 6.03 Å². The molecule has 3 heterocycles. The number of aromatic amines is 1. The van der Waals surface area contributed by atoms with E-state index in [1.165, 1.54) is 25.9 Å². The van der Waals surface area contributed by atoms with E-state index in [0.29, 0.717) is 19.0 Å². The van der Waals surface area contributed by atoms with Crippen LogP contribution in [0.2, 0.25) is 0 Å². The third kappa shape index (κ3) is 4.18. The number of nitrogens with zero attached hydrogens (tertiary/aromatic N) is 3. The van der Waals surface area contributed by atoms with Gasteiger partial charge in [0.25, 0.3) is 0 Å². The highest BCUT2D eigenvalue weighted by Gasteiger charge is 2.28. The van der Waals surface area contributed by atoms with Gasteiger partial charge in [-0.25, -0.2) is 9.78 Å². The lowest BCUT2D eigenvalue weighted by atomic mass is 10.0. The van der Waals surface area contributed by atoms with E-state index in [1.807, 2.05) is 23.1 Å². The molecule has 1 aromatic carbocycles. The van der Waals surface area contributed by atoms with Crippen molar-refractivity contribution in [1.82, 2.24) is 25.1 Å². The molecule has 1 aromatic heterocycles. The molecule has 27 heavy (non-hydrogen) atoms. The fourth-order valence-corrected chi connectivity index (χ4v) is 4.23. The molecule has 0 aliphatic carbocycles. The molecule has 2 fully saturated rings. The van der Waals surface area contributed by atoms with Crippen LogP contribution in [0.1, 0.15) is 31.5 Å². The summed E-state index contributed by atoms with van der Waals surface area (Å²) in [6.07, 6.45) is 5.54. The number of nitrogens with one attached hydrogen (secondary N) is 2. The smallest absolute Gasteiger partial charge is 0.317 e. The fraction of sp³-hybridized carbons (Fsp3) is 0.600. The van der Waals surface area contributed by atoms with Crippen LogP contribution in [0.15, 0.2) is 18.2 Å². The molecule has 2 aliphatic heterocycles. The van der Waals surface area contributed by atoms with Gasteiger partial charge in [-0.1, -0.05) is 0 Å². The Morgan fingerprint density at radius 1 is 1.26 bits per heavy atom. The number of hydrogen-bond acceptors (Lipinski definition) is 4.